The lowest BCUT2D eigenvalue weighted by atomic mass is 9.96. The van der Waals surface area contributed by atoms with E-state index in [1.54, 1.807) is 0 Å². The maximum atomic E-state index is 11.9. The fraction of sp³-hybridized carbons (Fsp3) is 0.773. The van der Waals surface area contributed by atoms with Crippen LogP contribution in [0.15, 0.2) is 0 Å². The lowest BCUT2D eigenvalue weighted by Gasteiger charge is -2.44. The number of ether oxygens (including phenoxy) is 8. The number of hydrogen-bond acceptors (Lipinski definition) is 13. The van der Waals surface area contributed by atoms with E-state index in [1.165, 1.54) is 13.8 Å². The number of carboxylic acids is 1. The van der Waals surface area contributed by atoms with Gasteiger partial charge in [-0.25, -0.2) is 4.79 Å². The van der Waals surface area contributed by atoms with Gasteiger partial charge in [-0.2, -0.15) is 0 Å². The van der Waals surface area contributed by atoms with Gasteiger partial charge in [0.05, 0.1) is 39.6 Å². The molecule has 0 bridgehead atoms. The second-order valence-corrected chi connectivity index (χ2v) is 7.76. The summed E-state index contributed by atoms with van der Waals surface area (Å²) >= 11 is 0. The molecule has 5 atom stereocenters. The van der Waals surface area contributed by atoms with Crippen molar-refractivity contribution in [1.29, 1.82) is 0 Å². The van der Waals surface area contributed by atoms with Gasteiger partial charge in [-0.15, -0.1) is 0 Å². The molecule has 1 aliphatic rings. The zero-order valence-electron chi connectivity index (χ0n) is 21.3. The van der Waals surface area contributed by atoms with Crippen LogP contribution in [0.1, 0.15) is 27.7 Å². The fourth-order valence-corrected chi connectivity index (χ4v) is 3.26. The standard InChI is InChI=1S/C22H35NO14/c1-13(24)23-19-21(36-16(4)27)20(35-15(3)26)17(11-34-14(2)25)37-22(19)33-10-9-31-6-5-30-7-8-32-12-18(28)29/h17,19-22H,5-12H2,1-4H3,(H,23,24)(H,28,29)/t17-,19+,20+,21-,22-/m1/s1. The first-order valence-corrected chi connectivity index (χ1v) is 11.5. The summed E-state index contributed by atoms with van der Waals surface area (Å²) in [7, 11) is 0. The van der Waals surface area contributed by atoms with Crippen LogP contribution >= 0.6 is 0 Å². The molecule has 0 aromatic heterocycles. The van der Waals surface area contributed by atoms with Gasteiger partial charge >= 0.3 is 23.9 Å². The average molecular weight is 538 g/mol. The number of carbonyl (C=O) groups excluding carboxylic acids is 4. The van der Waals surface area contributed by atoms with E-state index in [4.69, 9.17) is 43.0 Å². The van der Waals surface area contributed by atoms with E-state index in [0.29, 0.717) is 0 Å². The zero-order chi connectivity index (χ0) is 27.8. The summed E-state index contributed by atoms with van der Waals surface area (Å²) in [5, 5.41) is 11.1. The molecule has 1 rings (SSSR count). The Balaban J connectivity index is 2.73. The van der Waals surface area contributed by atoms with Crippen LogP contribution in [-0.4, -0.2) is 118 Å². The highest BCUT2D eigenvalue weighted by atomic mass is 16.7. The predicted octanol–water partition coefficient (Wildman–Crippen LogP) is -1.21. The van der Waals surface area contributed by atoms with Crippen molar-refractivity contribution in [1.82, 2.24) is 5.32 Å². The molecule has 0 aromatic carbocycles. The Morgan fingerprint density at radius 3 is 1.81 bits per heavy atom. The van der Waals surface area contributed by atoms with E-state index < -0.39 is 67.0 Å². The molecule has 0 aliphatic carbocycles. The van der Waals surface area contributed by atoms with Crippen LogP contribution in [0.2, 0.25) is 0 Å². The van der Waals surface area contributed by atoms with E-state index >= 15 is 0 Å². The highest BCUT2D eigenvalue weighted by Crippen LogP contribution is 2.28. The van der Waals surface area contributed by atoms with Crippen LogP contribution in [-0.2, 0) is 61.9 Å². The van der Waals surface area contributed by atoms with Gasteiger partial charge in [0.15, 0.2) is 18.5 Å². The van der Waals surface area contributed by atoms with Crippen molar-refractivity contribution in [3.63, 3.8) is 0 Å². The van der Waals surface area contributed by atoms with Crippen LogP contribution in [0.25, 0.3) is 0 Å². The van der Waals surface area contributed by atoms with Gasteiger partial charge in [0, 0.05) is 27.7 Å². The molecular weight excluding hydrogens is 502 g/mol. The van der Waals surface area contributed by atoms with Crippen LogP contribution in [0.4, 0.5) is 0 Å². The Morgan fingerprint density at radius 2 is 1.30 bits per heavy atom. The number of esters is 3. The highest BCUT2D eigenvalue weighted by Gasteiger charge is 2.51. The van der Waals surface area contributed by atoms with E-state index in [-0.39, 0.29) is 46.2 Å². The van der Waals surface area contributed by atoms with Gasteiger partial charge in [0.2, 0.25) is 5.91 Å². The van der Waals surface area contributed by atoms with Gasteiger partial charge < -0.3 is 48.3 Å². The first kappa shape index (κ1) is 32.2. The summed E-state index contributed by atoms with van der Waals surface area (Å²) in [6.45, 7) is 4.86. The van der Waals surface area contributed by atoms with Gasteiger partial charge in [-0.1, -0.05) is 0 Å². The third-order valence-corrected chi connectivity index (χ3v) is 4.55. The monoisotopic (exact) mass is 537 g/mol. The molecule has 0 saturated carbocycles. The number of amides is 1. The summed E-state index contributed by atoms with van der Waals surface area (Å²) < 4.78 is 42.8. The molecule has 1 heterocycles. The second kappa shape index (κ2) is 17.6. The summed E-state index contributed by atoms with van der Waals surface area (Å²) in [5.41, 5.74) is 0. The third-order valence-electron chi connectivity index (χ3n) is 4.55. The minimum Gasteiger partial charge on any atom is -0.480 e. The first-order valence-electron chi connectivity index (χ1n) is 11.5. The highest BCUT2D eigenvalue weighted by molar-refractivity contribution is 5.73. The Kier molecular flexibility index (Phi) is 15.3. The Labute approximate surface area is 213 Å². The number of carboxylic acid groups (broad SMARTS) is 1. The van der Waals surface area contributed by atoms with Crippen molar-refractivity contribution in [2.45, 2.75) is 58.3 Å². The summed E-state index contributed by atoms with van der Waals surface area (Å²) in [5.74, 6) is -3.57. The summed E-state index contributed by atoms with van der Waals surface area (Å²) in [6, 6.07) is -1.06. The van der Waals surface area contributed by atoms with E-state index in [2.05, 4.69) is 5.32 Å². The SMILES string of the molecule is CC(=O)N[C@@H]1[C@H](OCCOCCOCCOCC(=O)O)O[C@H](COC(C)=O)[C@H](OC(C)=O)[C@@H]1OC(C)=O. The molecule has 0 spiro atoms. The molecular formula is C22H35NO14. The van der Waals surface area contributed by atoms with Crippen LogP contribution < -0.4 is 5.32 Å². The molecule has 2 N–H and O–H groups in total. The Morgan fingerprint density at radius 1 is 0.757 bits per heavy atom. The molecule has 15 heteroatoms. The molecule has 212 valence electrons. The van der Waals surface area contributed by atoms with Crippen molar-refractivity contribution < 1.29 is 67.0 Å². The lowest BCUT2D eigenvalue weighted by molar-refractivity contribution is -0.279. The number of nitrogens with one attached hydrogen (secondary N) is 1. The molecule has 0 aromatic rings. The van der Waals surface area contributed by atoms with Crippen LogP contribution in [0, 0.1) is 0 Å². The number of aliphatic carboxylic acids is 1. The number of rotatable bonds is 17. The van der Waals surface area contributed by atoms with E-state index in [0.717, 1.165) is 13.8 Å². The smallest absolute Gasteiger partial charge is 0.329 e. The molecule has 37 heavy (non-hydrogen) atoms. The largest absolute Gasteiger partial charge is 0.480 e. The molecule has 1 aliphatic heterocycles. The van der Waals surface area contributed by atoms with Gasteiger partial charge in [0.1, 0.15) is 25.4 Å². The van der Waals surface area contributed by atoms with Crippen molar-refractivity contribution in [3.8, 4) is 0 Å². The molecule has 1 fully saturated rings. The van der Waals surface area contributed by atoms with Crippen molar-refractivity contribution in [3.05, 3.63) is 0 Å². The maximum absolute atomic E-state index is 11.9. The van der Waals surface area contributed by atoms with Crippen LogP contribution in [0.3, 0.4) is 0 Å². The van der Waals surface area contributed by atoms with E-state index in [1.807, 2.05) is 0 Å². The van der Waals surface area contributed by atoms with Crippen molar-refractivity contribution in [2.24, 2.45) is 0 Å². The summed E-state index contributed by atoms with van der Waals surface area (Å²) in [4.78, 5) is 57.1. The first-order chi connectivity index (χ1) is 17.5. The molecule has 0 unspecified atom stereocenters. The minimum atomic E-state index is -1.21. The summed E-state index contributed by atoms with van der Waals surface area (Å²) in [6.07, 6.45) is -4.65. The van der Waals surface area contributed by atoms with Gasteiger partial charge in [0.25, 0.3) is 0 Å². The average Bonchev–Trinajstić information content (AvgIpc) is 2.78. The zero-order valence-corrected chi connectivity index (χ0v) is 21.3. The molecule has 1 saturated heterocycles. The van der Waals surface area contributed by atoms with Crippen LogP contribution in [0.5, 0.6) is 0 Å². The fourth-order valence-electron chi connectivity index (χ4n) is 3.26. The van der Waals surface area contributed by atoms with Gasteiger partial charge in [-0.3, -0.25) is 19.2 Å². The van der Waals surface area contributed by atoms with Crippen molar-refractivity contribution in [2.75, 3.05) is 52.9 Å². The Bertz CT molecular complexity index is 760. The number of carbonyl (C=O) groups is 5. The second-order valence-electron chi connectivity index (χ2n) is 7.76. The lowest BCUT2D eigenvalue weighted by Crippen LogP contribution is -2.66. The van der Waals surface area contributed by atoms with E-state index in [9.17, 15) is 24.0 Å². The molecule has 15 nitrogen and oxygen atoms in total. The number of hydrogen-bond donors (Lipinski definition) is 2. The predicted molar refractivity (Wildman–Crippen MR) is 120 cm³/mol. The topological polar surface area (TPSA) is 191 Å². The molecule has 0 radical (unpaired) electrons. The third kappa shape index (κ3) is 13.9. The quantitative estimate of drug-likeness (QED) is 0.128. The van der Waals surface area contributed by atoms with Gasteiger partial charge in [-0.05, 0) is 0 Å². The normalized spacial score (nSPS) is 23.1. The molecule has 1 amide bonds. The minimum absolute atomic E-state index is 0.00617. The maximum Gasteiger partial charge on any atom is 0.329 e. The van der Waals surface area contributed by atoms with Crippen molar-refractivity contribution >= 4 is 29.8 Å². The Hall–Kier alpha value is -2.85.